The Kier molecular flexibility index (Phi) is 3.20. The number of aromatic hydroxyl groups is 1. The fourth-order valence-corrected chi connectivity index (χ4v) is 2.11. The van der Waals surface area contributed by atoms with Crippen molar-refractivity contribution in [1.29, 1.82) is 0 Å². The maximum atomic E-state index is 11.8. The molecule has 1 fully saturated rings. The molecule has 0 aromatic heterocycles. The van der Waals surface area contributed by atoms with Gasteiger partial charge in [-0.3, -0.25) is 4.79 Å². The molecule has 0 spiro atoms. The number of aliphatic hydroxyl groups excluding tert-OH is 1. The van der Waals surface area contributed by atoms with Crippen molar-refractivity contribution in [1.82, 2.24) is 0 Å². The maximum absolute atomic E-state index is 11.8. The molecule has 1 saturated heterocycles. The number of aliphatic hydroxyl groups is 1. The van der Waals surface area contributed by atoms with E-state index in [4.69, 9.17) is 10.2 Å². The first kappa shape index (κ1) is 12.4. The molecule has 1 aromatic rings. The van der Waals surface area contributed by atoms with E-state index >= 15 is 0 Å². The fraction of sp³-hybridized carbons (Fsp3) is 0.333. The van der Waals surface area contributed by atoms with Crippen molar-refractivity contribution >= 4 is 17.6 Å². The molecule has 1 aliphatic heterocycles. The first-order chi connectivity index (χ1) is 8.54. The van der Waals surface area contributed by atoms with Crippen LogP contribution in [-0.2, 0) is 4.79 Å². The maximum Gasteiger partial charge on any atom is 0.337 e. The van der Waals surface area contributed by atoms with Crippen molar-refractivity contribution in [3.8, 4) is 5.75 Å². The highest BCUT2D eigenvalue weighted by Crippen LogP contribution is 2.35. The smallest absolute Gasteiger partial charge is 0.337 e. The number of benzene rings is 1. The van der Waals surface area contributed by atoms with Crippen LogP contribution in [0.4, 0.5) is 5.69 Å². The van der Waals surface area contributed by atoms with Crippen LogP contribution in [0.1, 0.15) is 16.8 Å². The van der Waals surface area contributed by atoms with Gasteiger partial charge in [0.25, 0.3) is 0 Å². The van der Waals surface area contributed by atoms with Crippen molar-refractivity contribution in [3.05, 3.63) is 23.8 Å². The van der Waals surface area contributed by atoms with Crippen LogP contribution in [0.2, 0.25) is 0 Å². The van der Waals surface area contributed by atoms with E-state index in [-0.39, 0.29) is 48.4 Å². The average molecular weight is 251 g/mol. The van der Waals surface area contributed by atoms with E-state index < -0.39 is 5.97 Å². The quantitative estimate of drug-likeness (QED) is 0.724. The number of carbonyl (C=O) groups excluding carboxylic acids is 1. The van der Waals surface area contributed by atoms with Crippen molar-refractivity contribution in [3.63, 3.8) is 0 Å². The monoisotopic (exact) mass is 251 g/mol. The van der Waals surface area contributed by atoms with Gasteiger partial charge in [-0.2, -0.15) is 0 Å². The van der Waals surface area contributed by atoms with Gasteiger partial charge < -0.3 is 20.2 Å². The van der Waals surface area contributed by atoms with Gasteiger partial charge in [-0.1, -0.05) is 6.07 Å². The number of carboxylic acid groups (broad SMARTS) is 1. The van der Waals surface area contributed by atoms with E-state index in [1.807, 2.05) is 0 Å². The normalized spacial score (nSPS) is 19.3. The van der Waals surface area contributed by atoms with Crippen LogP contribution in [-0.4, -0.2) is 40.3 Å². The van der Waals surface area contributed by atoms with Gasteiger partial charge in [-0.15, -0.1) is 0 Å². The number of aromatic carboxylic acids is 1. The second-order valence-corrected chi connectivity index (χ2v) is 4.24. The molecule has 0 aliphatic carbocycles. The number of para-hydroxylation sites is 1. The van der Waals surface area contributed by atoms with Gasteiger partial charge in [0.2, 0.25) is 5.91 Å². The Bertz CT molecular complexity index is 499. The van der Waals surface area contributed by atoms with Crippen LogP contribution < -0.4 is 4.90 Å². The summed E-state index contributed by atoms with van der Waals surface area (Å²) in [7, 11) is 0. The lowest BCUT2D eigenvalue weighted by Crippen LogP contribution is -2.27. The SMILES string of the molecule is O=C(O)c1cccc(O)c1N1CC(CO)CC1=O. The number of carboxylic acids is 1. The Hall–Kier alpha value is -2.08. The molecule has 1 unspecified atom stereocenters. The number of phenolic OH excluding ortho intramolecular Hbond substituents is 1. The third-order valence-corrected chi connectivity index (χ3v) is 2.98. The zero-order valence-electron chi connectivity index (χ0n) is 9.54. The van der Waals surface area contributed by atoms with E-state index in [0.29, 0.717) is 0 Å². The Labute approximate surface area is 103 Å². The molecule has 3 N–H and O–H groups in total. The molecule has 6 nitrogen and oxygen atoms in total. The molecule has 18 heavy (non-hydrogen) atoms. The van der Waals surface area contributed by atoms with Gasteiger partial charge >= 0.3 is 5.97 Å². The van der Waals surface area contributed by atoms with E-state index in [2.05, 4.69) is 0 Å². The molecular formula is C12H13NO5. The molecule has 0 bridgehead atoms. The van der Waals surface area contributed by atoms with E-state index in [1.165, 1.54) is 23.1 Å². The van der Waals surface area contributed by atoms with Crippen LogP contribution >= 0.6 is 0 Å². The largest absolute Gasteiger partial charge is 0.506 e. The summed E-state index contributed by atoms with van der Waals surface area (Å²) in [6.45, 7) is 0.0748. The standard InChI is InChI=1S/C12H13NO5/c14-6-7-4-10(16)13(5-7)11-8(12(17)18)2-1-3-9(11)15/h1-3,7,14-15H,4-6H2,(H,17,18). The highest BCUT2D eigenvalue weighted by Gasteiger charge is 2.33. The number of hydrogen-bond donors (Lipinski definition) is 3. The summed E-state index contributed by atoms with van der Waals surface area (Å²) in [4.78, 5) is 24.1. The molecule has 1 atom stereocenters. The highest BCUT2D eigenvalue weighted by atomic mass is 16.4. The summed E-state index contributed by atoms with van der Waals surface area (Å²) < 4.78 is 0. The second-order valence-electron chi connectivity index (χ2n) is 4.24. The number of rotatable bonds is 3. The first-order valence-corrected chi connectivity index (χ1v) is 5.51. The third-order valence-electron chi connectivity index (χ3n) is 2.98. The summed E-state index contributed by atoms with van der Waals surface area (Å²) in [5, 5.41) is 27.9. The summed E-state index contributed by atoms with van der Waals surface area (Å²) in [6, 6.07) is 4.07. The fourth-order valence-electron chi connectivity index (χ4n) is 2.11. The number of nitrogens with zero attached hydrogens (tertiary/aromatic N) is 1. The van der Waals surface area contributed by atoms with E-state index in [1.54, 1.807) is 0 Å². The topological polar surface area (TPSA) is 98.1 Å². The number of phenols is 1. The van der Waals surface area contributed by atoms with Crippen LogP contribution in [0, 0.1) is 5.92 Å². The number of carbonyl (C=O) groups is 2. The lowest BCUT2D eigenvalue weighted by Gasteiger charge is -2.19. The van der Waals surface area contributed by atoms with Gasteiger partial charge in [0.05, 0.1) is 5.56 Å². The molecule has 1 aromatic carbocycles. The van der Waals surface area contributed by atoms with Gasteiger partial charge in [-0.05, 0) is 12.1 Å². The Morgan fingerprint density at radius 1 is 1.44 bits per heavy atom. The zero-order valence-corrected chi connectivity index (χ0v) is 9.54. The van der Waals surface area contributed by atoms with Gasteiger partial charge in [0, 0.05) is 25.5 Å². The third kappa shape index (κ3) is 2.02. The summed E-state index contributed by atoms with van der Waals surface area (Å²) in [6.07, 6.45) is 0.157. The molecule has 0 radical (unpaired) electrons. The minimum atomic E-state index is -1.21. The average Bonchev–Trinajstić information content (AvgIpc) is 2.70. The number of hydrogen-bond acceptors (Lipinski definition) is 4. The minimum Gasteiger partial charge on any atom is -0.506 e. The second kappa shape index (κ2) is 4.66. The molecule has 96 valence electrons. The predicted molar refractivity (Wildman–Crippen MR) is 62.6 cm³/mol. The van der Waals surface area contributed by atoms with Gasteiger partial charge in [0.15, 0.2) is 0 Å². The molecule has 1 heterocycles. The molecule has 1 aliphatic rings. The zero-order chi connectivity index (χ0) is 13.3. The Morgan fingerprint density at radius 2 is 2.17 bits per heavy atom. The van der Waals surface area contributed by atoms with Gasteiger partial charge in [0.1, 0.15) is 11.4 Å². The summed E-state index contributed by atoms with van der Waals surface area (Å²) in [5.74, 6) is -1.97. The van der Waals surface area contributed by atoms with Crippen molar-refractivity contribution < 1.29 is 24.9 Å². The lowest BCUT2D eigenvalue weighted by atomic mass is 10.1. The first-order valence-electron chi connectivity index (χ1n) is 5.51. The predicted octanol–water partition coefficient (Wildman–Crippen LogP) is 0.436. The van der Waals surface area contributed by atoms with Crippen LogP contribution in [0.15, 0.2) is 18.2 Å². The van der Waals surface area contributed by atoms with Crippen LogP contribution in [0.25, 0.3) is 0 Å². The van der Waals surface area contributed by atoms with E-state index in [9.17, 15) is 14.7 Å². The number of amides is 1. The molecule has 2 rings (SSSR count). The highest BCUT2D eigenvalue weighted by molar-refractivity contribution is 6.04. The molecular weight excluding hydrogens is 238 g/mol. The Morgan fingerprint density at radius 3 is 2.72 bits per heavy atom. The lowest BCUT2D eigenvalue weighted by molar-refractivity contribution is -0.117. The molecule has 6 heteroatoms. The minimum absolute atomic E-state index is 0.00551. The van der Waals surface area contributed by atoms with E-state index in [0.717, 1.165) is 0 Å². The van der Waals surface area contributed by atoms with Crippen molar-refractivity contribution in [2.45, 2.75) is 6.42 Å². The summed E-state index contributed by atoms with van der Waals surface area (Å²) in [5.41, 5.74) is -0.118. The van der Waals surface area contributed by atoms with Crippen molar-refractivity contribution in [2.24, 2.45) is 5.92 Å². The Balaban J connectivity index is 2.45. The van der Waals surface area contributed by atoms with Crippen LogP contribution in [0.5, 0.6) is 5.75 Å². The van der Waals surface area contributed by atoms with Crippen molar-refractivity contribution in [2.75, 3.05) is 18.1 Å². The van der Waals surface area contributed by atoms with Gasteiger partial charge in [-0.25, -0.2) is 4.79 Å². The van der Waals surface area contributed by atoms with Crippen LogP contribution in [0.3, 0.4) is 0 Å². The molecule has 1 amide bonds. The number of anilines is 1. The molecule has 0 saturated carbocycles. The summed E-state index contributed by atoms with van der Waals surface area (Å²) >= 11 is 0.